The van der Waals surface area contributed by atoms with Gasteiger partial charge in [-0.2, -0.15) is 0 Å². The second-order valence-corrected chi connectivity index (χ2v) is 4.74. The number of nitrogens with two attached hydrogens (primary N) is 1. The molecule has 3 heteroatoms. The van der Waals surface area contributed by atoms with E-state index in [9.17, 15) is 4.79 Å². The van der Waals surface area contributed by atoms with Crippen molar-refractivity contribution in [3.63, 3.8) is 0 Å². The number of ether oxygens (including phenoxy) is 1. The van der Waals surface area contributed by atoms with Crippen molar-refractivity contribution in [2.75, 3.05) is 12.3 Å². The van der Waals surface area contributed by atoms with E-state index in [4.69, 9.17) is 10.5 Å². The zero-order valence-corrected chi connectivity index (χ0v) is 10.8. The van der Waals surface area contributed by atoms with Crippen molar-refractivity contribution in [3.8, 4) is 0 Å². The fourth-order valence-electron chi connectivity index (χ4n) is 1.48. The zero-order valence-electron chi connectivity index (χ0n) is 10.8. The number of rotatable bonds is 5. The lowest BCUT2D eigenvalue weighted by Crippen LogP contribution is -2.14. The summed E-state index contributed by atoms with van der Waals surface area (Å²) in [7, 11) is 0. The molecule has 0 saturated heterocycles. The predicted molar refractivity (Wildman–Crippen MR) is 69.7 cm³/mol. The molecule has 1 atom stereocenters. The van der Waals surface area contributed by atoms with E-state index in [2.05, 4.69) is 13.8 Å². The van der Waals surface area contributed by atoms with E-state index in [0.717, 1.165) is 12.0 Å². The molecule has 0 aliphatic rings. The normalized spacial score (nSPS) is 12.5. The average molecular weight is 235 g/mol. The van der Waals surface area contributed by atoms with Gasteiger partial charge in [-0.05, 0) is 37.0 Å². The lowest BCUT2D eigenvalue weighted by Gasteiger charge is -2.13. The van der Waals surface area contributed by atoms with Crippen LogP contribution in [-0.4, -0.2) is 12.6 Å². The van der Waals surface area contributed by atoms with Gasteiger partial charge in [-0.1, -0.05) is 26.0 Å². The van der Waals surface area contributed by atoms with Crippen LogP contribution >= 0.6 is 0 Å². The molecule has 0 radical (unpaired) electrons. The minimum absolute atomic E-state index is 0.184. The Hall–Kier alpha value is -1.51. The van der Waals surface area contributed by atoms with Gasteiger partial charge in [-0.15, -0.1) is 0 Å². The van der Waals surface area contributed by atoms with Crippen LogP contribution in [-0.2, 0) is 9.53 Å². The van der Waals surface area contributed by atoms with Crippen LogP contribution in [0.4, 0.5) is 5.69 Å². The smallest absolute Gasteiger partial charge is 0.313 e. The molecule has 3 nitrogen and oxygen atoms in total. The van der Waals surface area contributed by atoms with E-state index in [1.165, 1.54) is 0 Å². The van der Waals surface area contributed by atoms with E-state index < -0.39 is 0 Å². The van der Waals surface area contributed by atoms with Gasteiger partial charge in [-0.25, -0.2) is 0 Å². The number of benzene rings is 1. The van der Waals surface area contributed by atoms with E-state index in [1.807, 2.05) is 25.1 Å². The molecule has 0 aliphatic heterocycles. The Balaban J connectivity index is 2.52. The number of esters is 1. The predicted octanol–water partition coefficient (Wildman–Crippen LogP) is 2.96. The van der Waals surface area contributed by atoms with Gasteiger partial charge >= 0.3 is 5.97 Å². The molecule has 1 rings (SSSR count). The zero-order chi connectivity index (χ0) is 12.8. The van der Waals surface area contributed by atoms with E-state index >= 15 is 0 Å². The molecule has 1 aromatic carbocycles. The number of nitrogen functional groups attached to an aromatic ring is 1. The Bertz CT molecular complexity index is 374. The molecule has 2 N–H and O–H groups in total. The Labute approximate surface area is 103 Å². The van der Waals surface area contributed by atoms with Crippen LogP contribution in [0.15, 0.2) is 24.3 Å². The SMILES string of the molecule is CC(C)CCOC(=O)C(C)c1cccc(N)c1. The summed E-state index contributed by atoms with van der Waals surface area (Å²) in [6, 6.07) is 7.36. The minimum atomic E-state index is -0.259. The van der Waals surface area contributed by atoms with Gasteiger partial charge in [0.25, 0.3) is 0 Å². The van der Waals surface area contributed by atoms with Crippen molar-refractivity contribution < 1.29 is 9.53 Å². The summed E-state index contributed by atoms with van der Waals surface area (Å²) >= 11 is 0. The summed E-state index contributed by atoms with van der Waals surface area (Å²) in [6.45, 7) is 6.54. The second kappa shape index (κ2) is 6.28. The fourth-order valence-corrected chi connectivity index (χ4v) is 1.48. The monoisotopic (exact) mass is 235 g/mol. The summed E-state index contributed by atoms with van der Waals surface area (Å²) in [6.07, 6.45) is 0.898. The lowest BCUT2D eigenvalue weighted by atomic mass is 10.0. The minimum Gasteiger partial charge on any atom is -0.465 e. The number of anilines is 1. The van der Waals surface area contributed by atoms with Gasteiger partial charge in [0.2, 0.25) is 0 Å². The van der Waals surface area contributed by atoms with Crippen LogP contribution in [0.3, 0.4) is 0 Å². The Morgan fingerprint density at radius 2 is 2.06 bits per heavy atom. The first kappa shape index (κ1) is 13.6. The first-order valence-corrected chi connectivity index (χ1v) is 6.02. The third-order valence-corrected chi connectivity index (χ3v) is 2.70. The molecule has 1 aromatic rings. The van der Waals surface area contributed by atoms with Crippen molar-refractivity contribution in [2.45, 2.75) is 33.1 Å². The number of hydrogen-bond donors (Lipinski definition) is 1. The highest BCUT2D eigenvalue weighted by molar-refractivity contribution is 5.78. The maximum Gasteiger partial charge on any atom is 0.313 e. The topological polar surface area (TPSA) is 52.3 Å². The van der Waals surface area contributed by atoms with Gasteiger partial charge in [0.1, 0.15) is 0 Å². The molecule has 0 aliphatic carbocycles. The molecule has 0 amide bonds. The van der Waals surface area contributed by atoms with E-state index in [-0.39, 0.29) is 11.9 Å². The molecule has 94 valence electrons. The molecular weight excluding hydrogens is 214 g/mol. The van der Waals surface area contributed by atoms with Crippen molar-refractivity contribution in [1.82, 2.24) is 0 Å². The summed E-state index contributed by atoms with van der Waals surface area (Å²) in [5, 5.41) is 0. The number of carbonyl (C=O) groups excluding carboxylic acids is 1. The van der Waals surface area contributed by atoms with Gasteiger partial charge in [-0.3, -0.25) is 4.79 Å². The molecule has 0 aromatic heterocycles. The number of hydrogen-bond acceptors (Lipinski definition) is 3. The van der Waals surface area contributed by atoms with Crippen LogP contribution in [0.2, 0.25) is 0 Å². The second-order valence-electron chi connectivity index (χ2n) is 4.74. The van der Waals surface area contributed by atoms with Gasteiger partial charge in [0.15, 0.2) is 0 Å². The average Bonchev–Trinajstić information content (AvgIpc) is 2.27. The van der Waals surface area contributed by atoms with Crippen LogP contribution in [0, 0.1) is 5.92 Å². The van der Waals surface area contributed by atoms with Crippen LogP contribution in [0.25, 0.3) is 0 Å². The summed E-state index contributed by atoms with van der Waals surface area (Å²) in [5.41, 5.74) is 7.26. The Morgan fingerprint density at radius 1 is 1.35 bits per heavy atom. The van der Waals surface area contributed by atoms with Gasteiger partial charge in [0, 0.05) is 5.69 Å². The van der Waals surface area contributed by atoms with Crippen LogP contribution in [0.1, 0.15) is 38.7 Å². The third kappa shape index (κ3) is 4.47. The molecule has 0 heterocycles. The molecule has 0 bridgehead atoms. The molecular formula is C14H21NO2. The molecule has 0 fully saturated rings. The molecule has 0 spiro atoms. The van der Waals surface area contributed by atoms with Crippen molar-refractivity contribution >= 4 is 11.7 Å². The van der Waals surface area contributed by atoms with Crippen molar-refractivity contribution in [1.29, 1.82) is 0 Å². The maximum absolute atomic E-state index is 11.8. The van der Waals surface area contributed by atoms with E-state index in [0.29, 0.717) is 18.2 Å². The third-order valence-electron chi connectivity index (χ3n) is 2.70. The molecule has 1 unspecified atom stereocenters. The quantitative estimate of drug-likeness (QED) is 0.630. The summed E-state index contributed by atoms with van der Waals surface area (Å²) in [4.78, 5) is 11.8. The highest BCUT2D eigenvalue weighted by Gasteiger charge is 2.16. The largest absolute Gasteiger partial charge is 0.465 e. The highest BCUT2D eigenvalue weighted by atomic mass is 16.5. The Morgan fingerprint density at radius 3 is 2.65 bits per heavy atom. The van der Waals surface area contributed by atoms with Crippen LogP contribution in [0.5, 0.6) is 0 Å². The summed E-state index contributed by atoms with van der Waals surface area (Å²) < 4.78 is 5.23. The maximum atomic E-state index is 11.8. The first-order chi connectivity index (χ1) is 8.00. The van der Waals surface area contributed by atoms with Gasteiger partial charge < -0.3 is 10.5 Å². The number of carbonyl (C=O) groups is 1. The summed E-state index contributed by atoms with van der Waals surface area (Å²) in [5.74, 6) is 0.104. The molecule has 0 saturated carbocycles. The van der Waals surface area contributed by atoms with Gasteiger partial charge in [0.05, 0.1) is 12.5 Å². The first-order valence-electron chi connectivity index (χ1n) is 6.02. The standard InChI is InChI=1S/C14H21NO2/c1-10(2)7-8-17-14(16)11(3)12-5-4-6-13(15)9-12/h4-6,9-11H,7-8,15H2,1-3H3. The fraction of sp³-hybridized carbons (Fsp3) is 0.500. The highest BCUT2D eigenvalue weighted by Crippen LogP contribution is 2.19. The Kier molecular flexibility index (Phi) is 5.01. The molecule has 17 heavy (non-hydrogen) atoms. The van der Waals surface area contributed by atoms with Crippen molar-refractivity contribution in [2.24, 2.45) is 5.92 Å². The van der Waals surface area contributed by atoms with Crippen LogP contribution < -0.4 is 5.73 Å². The van der Waals surface area contributed by atoms with Crippen molar-refractivity contribution in [3.05, 3.63) is 29.8 Å². The lowest BCUT2D eigenvalue weighted by molar-refractivity contribution is -0.145. The van der Waals surface area contributed by atoms with E-state index in [1.54, 1.807) is 6.07 Å².